The number of piperazine rings is 1. The molecule has 0 unspecified atom stereocenters. The second kappa shape index (κ2) is 10.5. The van der Waals surface area contributed by atoms with Gasteiger partial charge in [-0.25, -0.2) is 8.42 Å². The van der Waals surface area contributed by atoms with E-state index in [4.69, 9.17) is 0 Å². The van der Waals surface area contributed by atoms with E-state index in [0.29, 0.717) is 13.1 Å². The number of nitrogens with one attached hydrogen (secondary N) is 1. The van der Waals surface area contributed by atoms with Gasteiger partial charge < -0.3 is 15.1 Å². The molecule has 1 N–H and O–H groups in total. The molecule has 7 nitrogen and oxygen atoms in total. The smallest absolute Gasteiger partial charge is 0.193 e. The minimum absolute atomic E-state index is 0. The molecule has 0 radical (unpaired) electrons. The van der Waals surface area contributed by atoms with Gasteiger partial charge in [0.05, 0.1) is 11.5 Å². The van der Waals surface area contributed by atoms with E-state index in [-0.39, 0.29) is 35.5 Å². The maximum atomic E-state index is 11.5. The van der Waals surface area contributed by atoms with Gasteiger partial charge in [0.1, 0.15) is 0 Å². The Kier molecular flexibility index (Phi) is 8.62. The summed E-state index contributed by atoms with van der Waals surface area (Å²) < 4.78 is 23.0. The van der Waals surface area contributed by atoms with Crippen molar-refractivity contribution in [3.8, 4) is 0 Å². The largest absolute Gasteiger partial charge is 0.368 e. The zero-order valence-corrected chi connectivity index (χ0v) is 19.0. The predicted molar refractivity (Wildman–Crippen MR) is 122 cm³/mol. The van der Waals surface area contributed by atoms with Gasteiger partial charge >= 0.3 is 0 Å². The highest BCUT2D eigenvalue weighted by atomic mass is 127. The summed E-state index contributed by atoms with van der Waals surface area (Å²) in [6.07, 6.45) is 0. The van der Waals surface area contributed by atoms with Gasteiger partial charge in [-0.15, -0.1) is 24.0 Å². The molecule has 0 spiro atoms. The maximum absolute atomic E-state index is 11.5. The summed E-state index contributed by atoms with van der Waals surface area (Å²) in [7, 11) is -0.987. The summed E-state index contributed by atoms with van der Waals surface area (Å²) in [4.78, 5) is 11.3. The van der Waals surface area contributed by atoms with Crippen molar-refractivity contribution < 1.29 is 8.42 Å². The third-order valence-electron chi connectivity index (χ3n) is 5.06. The van der Waals surface area contributed by atoms with Crippen LogP contribution in [0.3, 0.4) is 0 Å². The lowest BCUT2D eigenvalue weighted by Gasteiger charge is -2.38. The molecule has 0 atom stereocenters. The molecule has 9 heteroatoms. The number of nitrogens with zero attached hydrogens (tertiary/aromatic N) is 4. The standard InChI is InChI=1S/C18H29N5O2S.HI/c1-19-18(20-7-8-21-13-15-26(24,25)16-14-21)23-11-9-22(10-12-23)17-5-3-2-4-6-17;/h2-6H,7-16H2,1H3,(H,19,20);1H. The summed E-state index contributed by atoms with van der Waals surface area (Å²) in [6.45, 7) is 6.75. The fraction of sp³-hybridized carbons (Fsp3) is 0.611. The minimum Gasteiger partial charge on any atom is -0.368 e. The van der Waals surface area contributed by atoms with Gasteiger partial charge in [0.2, 0.25) is 0 Å². The molecular weight excluding hydrogens is 477 g/mol. The Labute approximate surface area is 179 Å². The lowest BCUT2D eigenvalue weighted by Crippen LogP contribution is -2.53. The summed E-state index contributed by atoms with van der Waals surface area (Å²) in [5.74, 6) is 1.49. The maximum Gasteiger partial charge on any atom is 0.193 e. The Morgan fingerprint density at radius 1 is 1.04 bits per heavy atom. The number of hydrogen-bond donors (Lipinski definition) is 1. The van der Waals surface area contributed by atoms with Crippen molar-refractivity contribution in [1.82, 2.24) is 15.1 Å². The van der Waals surface area contributed by atoms with Crippen LogP contribution in [0.2, 0.25) is 0 Å². The molecule has 2 aliphatic rings. The molecule has 1 aromatic carbocycles. The van der Waals surface area contributed by atoms with E-state index in [0.717, 1.165) is 45.2 Å². The van der Waals surface area contributed by atoms with Crippen molar-refractivity contribution in [2.45, 2.75) is 0 Å². The van der Waals surface area contributed by atoms with Gasteiger partial charge in [-0.05, 0) is 12.1 Å². The minimum atomic E-state index is -2.81. The number of para-hydroxylation sites is 1. The van der Waals surface area contributed by atoms with Crippen LogP contribution in [-0.2, 0) is 9.84 Å². The van der Waals surface area contributed by atoms with Gasteiger partial charge in [0.15, 0.2) is 15.8 Å². The average molecular weight is 507 g/mol. The Bertz CT molecular complexity index is 692. The Morgan fingerprint density at radius 3 is 2.26 bits per heavy atom. The van der Waals surface area contributed by atoms with Crippen LogP contribution in [0.4, 0.5) is 5.69 Å². The van der Waals surface area contributed by atoms with Crippen molar-refractivity contribution in [1.29, 1.82) is 0 Å². The van der Waals surface area contributed by atoms with Crippen LogP contribution < -0.4 is 10.2 Å². The van der Waals surface area contributed by atoms with E-state index in [1.165, 1.54) is 5.69 Å². The van der Waals surface area contributed by atoms with Crippen LogP contribution in [0.15, 0.2) is 35.3 Å². The SMILES string of the molecule is CN=C(NCCN1CCS(=O)(=O)CC1)N1CCN(c2ccccc2)CC1.I. The van der Waals surface area contributed by atoms with Crippen molar-refractivity contribution in [2.75, 3.05) is 75.8 Å². The topological polar surface area (TPSA) is 68.2 Å². The van der Waals surface area contributed by atoms with E-state index in [1.54, 1.807) is 0 Å². The first-order valence-corrected chi connectivity index (χ1v) is 11.1. The normalized spacial score (nSPS) is 20.9. The van der Waals surface area contributed by atoms with Crippen LogP contribution in [0.25, 0.3) is 0 Å². The molecule has 152 valence electrons. The summed E-state index contributed by atoms with van der Waals surface area (Å²) >= 11 is 0. The van der Waals surface area contributed by atoms with Gasteiger partial charge in [0, 0.05) is 65.1 Å². The molecule has 2 saturated heterocycles. The summed E-state index contributed by atoms with van der Waals surface area (Å²) in [5, 5.41) is 3.43. The van der Waals surface area contributed by atoms with E-state index < -0.39 is 9.84 Å². The quantitative estimate of drug-likeness (QED) is 0.369. The molecule has 2 fully saturated rings. The Balaban J connectivity index is 0.00000261. The second-order valence-electron chi connectivity index (χ2n) is 6.78. The van der Waals surface area contributed by atoms with Crippen molar-refractivity contribution in [3.63, 3.8) is 0 Å². The molecule has 0 aliphatic carbocycles. The molecule has 3 rings (SSSR count). The summed E-state index contributed by atoms with van der Waals surface area (Å²) in [6, 6.07) is 10.5. The number of halogens is 1. The van der Waals surface area contributed by atoms with Crippen LogP contribution >= 0.6 is 24.0 Å². The van der Waals surface area contributed by atoms with Crippen LogP contribution in [0, 0.1) is 0 Å². The lowest BCUT2D eigenvalue weighted by atomic mass is 10.2. The second-order valence-corrected chi connectivity index (χ2v) is 9.08. The first-order valence-electron chi connectivity index (χ1n) is 9.26. The highest BCUT2D eigenvalue weighted by Crippen LogP contribution is 2.15. The molecule has 0 bridgehead atoms. The van der Waals surface area contributed by atoms with E-state index in [2.05, 4.69) is 49.3 Å². The zero-order valence-electron chi connectivity index (χ0n) is 15.9. The van der Waals surface area contributed by atoms with Gasteiger partial charge in [0.25, 0.3) is 0 Å². The number of rotatable bonds is 4. The third kappa shape index (κ3) is 6.49. The number of benzene rings is 1. The van der Waals surface area contributed by atoms with Gasteiger partial charge in [-0.3, -0.25) is 9.89 Å². The summed E-state index contributed by atoms with van der Waals surface area (Å²) in [5.41, 5.74) is 1.27. The molecule has 0 saturated carbocycles. The van der Waals surface area contributed by atoms with Crippen LogP contribution in [0.5, 0.6) is 0 Å². The molecule has 0 amide bonds. The predicted octanol–water partition coefficient (Wildman–Crippen LogP) is 0.732. The number of hydrogen-bond acceptors (Lipinski definition) is 5. The van der Waals surface area contributed by atoms with Gasteiger partial charge in [-0.2, -0.15) is 0 Å². The van der Waals surface area contributed by atoms with E-state index in [1.807, 2.05) is 13.1 Å². The highest BCUT2D eigenvalue weighted by Gasteiger charge is 2.22. The van der Waals surface area contributed by atoms with Crippen molar-refractivity contribution in [3.05, 3.63) is 30.3 Å². The molecule has 27 heavy (non-hydrogen) atoms. The fourth-order valence-corrected chi connectivity index (χ4v) is 4.72. The van der Waals surface area contributed by atoms with E-state index in [9.17, 15) is 8.42 Å². The first-order chi connectivity index (χ1) is 12.6. The molecule has 0 aromatic heterocycles. The van der Waals surface area contributed by atoms with Crippen LogP contribution in [0.1, 0.15) is 0 Å². The molecule has 2 aliphatic heterocycles. The number of aliphatic imine (C=N–C) groups is 1. The lowest BCUT2D eigenvalue weighted by molar-refractivity contribution is 0.296. The van der Waals surface area contributed by atoms with Crippen LogP contribution in [-0.4, -0.2) is 95.1 Å². The monoisotopic (exact) mass is 507 g/mol. The zero-order chi connectivity index (χ0) is 18.4. The fourth-order valence-electron chi connectivity index (χ4n) is 3.45. The van der Waals surface area contributed by atoms with E-state index >= 15 is 0 Å². The highest BCUT2D eigenvalue weighted by molar-refractivity contribution is 14.0. The Morgan fingerprint density at radius 2 is 1.67 bits per heavy atom. The molecular formula is C18H30IN5O2S. The third-order valence-corrected chi connectivity index (χ3v) is 6.67. The molecule has 1 aromatic rings. The van der Waals surface area contributed by atoms with Gasteiger partial charge in [-0.1, -0.05) is 18.2 Å². The number of guanidine groups is 1. The van der Waals surface area contributed by atoms with Crippen molar-refractivity contribution >= 4 is 45.5 Å². The van der Waals surface area contributed by atoms with Crippen molar-refractivity contribution in [2.24, 2.45) is 4.99 Å². The molecule has 2 heterocycles. The average Bonchev–Trinajstić information content (AvgIpc) is 2.67. The first kappa shape index (κ1) is 22.2. The Hall–Kier alpha value is -1.07. The number of anilines is 1. The number of sulfone groups is 1.